The van der Waals surface area contributed by atoms with Gasteiger partial charge in [-0.3, -0.25) is 19.2 Å². The van der Waals surface area contributed by atoms with Crippen LogP contribution < -0.4 is 0 Å². The van der Waals surface area contributed by atoms with E-state index < -0.39 is 30.2 Å². The summed E-state index contributed by atoms with van der Waals surface area (Å²) in [6.45, 7) is 3.61. The van der Waals surface area contributed by atoms with Crippen molar-refractivity contribution in [3.63, 3.8) is 0 Å². The molecular weight excluding hydrogens is 1080 g/mol. The number of benzene rings is 2. The first-order valence-electron chi connectivity index (χ1n) is 23.7. The van der Waals surface area contributed by atoms with Crippen molar-refractivity contribution in [1.29, 1.82) is 0 Å². The average Bonchev–Trinajstić information content (AvgIpc) is 3.38. The molecule has 22 heteroatoms. The Morgan fingerprint density at radius 3 is 1.40 bits per heavy atom. The van der Waals surface area contributed by atoms with Gasteiger partial charge in [0, 0.05) is 32.5 Å². The van der Waals surface area contributed by atoms with Gasteiger partial charge in [-0.05, 0) is 92.5 Å². The lowest BCUT2D eigenvalue weighted by atomic mass is 9.86. The number of ether oxygens (including phenoxy) is 7. The van der Waals surface area contributed by atoms with Gasteiger partial charge in [0.25, 0.3) is 0 Å². The molecule has 0 bridgehead atoms. The van der Waals surface area contributed by atoms with Crippen LogP contribution in [-0.4, -0.2) is 91.9 Å². The highest BCUT2D eigenvalue weighted by Gasteiger charge is 2.21. The Bertz CT molecular complexity index is 1680. The van der Waals surface area contributed by atoms with Crippen LogP contribution >= 0.6 is 69.6 Å². The first-order chi connectivity index (χ1) is 34.7. The minimum Gasteiger partial charge on any atom is -0.449 e. The third-order valence-electron chi connectivity index (χ3n) is 11.1. The molecule has 2 aromatic rings. The Balaban J connectivity index is 0.000000846. The van der Waals surface area contributed by atoms with Gasteiger partial charge in [0.2, 0.25) is 0 Å². The molecule has 1 saturated heterocycles. The zero-order valence-electron chi connectivity index (χ0n) is 40.7. The second-order valence-electron chi connectivity index (χ2n) is 16.1. The van der Waals surface area contributed by atoms with E-state index in [0.29, 0.717) is 31.1 Å². The third-order valence-corrected chi connectivity index (χ3v) is 11.8. The van der Waals surface area contributed by atoms with Crippen molar-refractivity contribution >= 4 is 105 Å². The molecule has 5 rings (SSSR count). The summed E-state index contributed by atoms with van der Waals surface area (Å²) in [4.78, 5) is 65.0. The largest absolute Gasteiger partial charge is 0.449 e. The van der Waals surface area contributed by atoms with Crippen molar-refractivity contribution in [2.75, 3.05) is 49.6 Å². The van der Waals surface area contributed by atoms with E-state index in [1.165, 1.54) is 88.5 Å². The number of hydrogen-bond acceptors (Lipinski definition) is 13. The zero-order valence-corrected chi connectivity index (χ0v) is 45.2. The molecule has 0 spiro atoms. The maximum absolute atomic E-state index is 12.4. The number of hydrogen-bond donors (Lipinski definition) is 0. The van der Waals surface area contributed by atoms with Crippen LogP contribution in [0, 0.1) is 23.6 Å². The van der Waals surface area contributed by atoms with Gasteiger partial charge in [0.15, 0.2) is 36.4 Å². The molecule has 72 heavy (non-hydrogen) atoms. The summed E-state index contributed by atoms with van der Waals surface area (Å²) in [6.07, 6.45) is 16.0. The van der Waals surface area contributed by atoms with Gasteiger partial charge < -0.3 is 33.2 Å². The van der Waals surface area contributed by atoms with E-state index in [-0.39, 0.29) is 65.7 Å². The van der Waals surface area contributed by atoms with E-state index in [2.05, 4.69) is 23.7 Å². The molecule has 3 aliphatic rings. The molecule has 410 valence electrons. The molecule has 1 heterocycles. The van der Waals surface area contributed by atoms with Crippen LogP contribution in [-0.2, 0) is 57.1 Å². The smallest absolute Gasteiger partial charge is 0.375 e. The molecule has 1 aliphatic heterocycles. The van der Waals surface area contributed by atoms with Crippen molar-refractivity contribution in [1.82, 2.24) is 0 Å². The van der Waals surface area contributed by atoms with E-state index in [1.54, 1.807) is 0 Å². The van der Waals surface area contributed by atoms with Crippen LogP contribution in [0.3, 0.4) is 0 Å². The summed E-state index contributed by atoms with van der Waals surface area (Å²) in [7, 11) is 0. The van der Waals surface area contributed by atoms with E-state index in [0.717, 1.165) is 56.8 Å². The average molecular weight is 1150 g/mol. The first kappa shape index (κ1) is 68.8. The minimum atomic E-state index is -3.08. The highest BCUT2D eigenvalue weighted by atomic mass is 35.5. The second kappa shape index (κ2) is 46.3. The number of carbonyl (C=O) groups is 6. The van der Waals surface area contributed by atoms with Crippen LogP contribution in [0.2, 0.25) is 0 Å². The number of carbonyl (C=O) groups excluding carboxylic acids is 6. The number of alkyl halides is 8. The predicted molar refractivity (Wildman–Crippen MR) is 272 cm³/mol. The van der Waals surface area contributed by atoms with Crippen LogP contribution in [0.25, 0.3) is 0 Å². The molecule has 0 N–H and O–H groups in total. The molecule has 0 aromatic heterocycles. The van der Waals surface area contributed by atoms with E-state index >= 15 is 0 Å². The van der Waals surface area contributed by atoms with E-state index in [9.17, 15) is 41.9 Å². The topological polar surface area (TPSA) is 167 Å². The summed E-state index contributed by atoms with van der Waals surface area (Å²) in [5.74, 6) is -1.55. The van der Waals surface area contributed by atoms with Crippen molar-refractivity contribution in [2.45, 2.75) is 135 Å². The van der Waals surface area contributed by atoms with Gasteiger partial charge >= 0.3 is 42.2 Å². The fraction of sp³-hybridized carbons (Fsp3) is 0.640. The maximum atomic E-state index is 12.4. The summed E-state index contributed by atoms with van der Waals surface area (Å²) in [5, 5.41) is 0. The highest BCUT2D eigenvalue weighted by molar-refractivity contribution is 6.18. The number of halogens is 9. The molecule has 3 fully saturated rings. The van der Waals surface area contributed by atoms with Crippen molar-refractivity contribution in [3.05, 3.63) is 71.5 Å². The van der Waals surface area contributed by atoms with Crippen LogP contribution in [0.15, 0.2) is 54.6 Å². The Morgan fingerprint density at radius 2 is 0.972 bits per heavy atom. The van der Waals surface area contributed by atoms with Crippen LogP contribution in [0.4, 0.5) is 13.2 Å². The molecule has 2 saturated carbocycles. The highest BCUT2D eigenvalue weighted by Crippen LogP contribution is 2.28. The standard InChI is InChI=1S/C11H13ClO2.C10H17ClO2.C9H15ClO3.C9H15ClO2.C8H6ClFO2.C3H3ClF2O2/c1-2-10(11(13)14-8-12)9-6-4-3-5-7-9;11-8-13-10(12)7-6-9-4-2-1-3-5-9;10-7-13-9(11)2-1-8-3-5-12-6-4-8;10-7-12-9(11)6-8-4-2-1-3-5-8;9-5-12-8(11)6-1-3-7(10)4-2-6;4-1-8-3(7)2(5)6/h3-7,10H,2,8H2,1H3;9H,1-8H2;8H,1-7H2;8H,1-7H2;1-4H,5H2;2H,1H2. The fourth-order valence-electron chi connectivity index (χ4n) is 7.38. The molecular formula is C50H69Cl6F3O13. The number of rotatable bonds is 19. The summed E-state index contributed by atoms with van der Waals surface area (Å²) < 4.78 is 66.6. The SMILES string of the molecule is CCC(C(=O)OCCl)c1ccccc1.O=C(CC1CCCCC1)OCCl.O=C(CCC1CCCCC1)OCCl.O=C(CCC1CCOCC1)OCCl.O=C(OCCl)C(F)F.O=C(OCCl)c1ccc(F)cc1. The van der Waals surface area contributed by atoms with Crippen LogP contribution in [0.5, 0.6) is 0 Å². The Hall–Kier alpha value is -3.25. The molecule has 0 amide bonds. The Labute approximate surface area is 451 Å². The summed E-state index contributed by atoms with van der Waals surface area (Å²) >= 11 is 31.1. The van der Waals surface area contributed by atoms with Gasteiger partial charge in [-0.2, -0.15) is 8.78 Å². The van der Waals surface area contributed by atoms with E-state index in [4.69, 9.17) is 79.1 Å². The summed E-state index contributed by atoms with van der Waals surface area (Å²) in [6, 6.07) is 13.8. The van der Waals surface area contributed by atoms with Crippen molar-refractivity contribution < 1.29 is 75.1 Å². The Kier molecular flexibility index (Phi) is 44.2. The van der Waals surface area contributed by atoms with Gasteiger partial charge in [-0.1, -0.05) is 158 Å². The molecule has 13 nitrogen and oxygen atoms in total. The van der Waals surface area contributed by atoms with Crippen LogP contribution in [0.1, 0.15) is 144 Å². The molecule has 1 atom stereocenters. The number of esters is 6. The van der Waals surface area contributed by atoms with Gasteiger partial charge in [0.1, 0.15) is 5.82 Å². The van der Waals surface area contributed by atoms with Gasteiger partial charge in [0.05, 0.1) is 11.5 Å². The Morgan fingerprint density at radius 1 is 0.542 bits per heavy atom. The quantitative estimate of drug-likeness (QED) is 0.0741. The maximum Gasteiger partial charge on any atom is 0.375 e. The molecule has 2 aliphatic carbocycles. The molecule has 2 aromatic carbocycles. The van der Waals surface area contributed by atoms with Crippen molar-refractivity contribution in [2.24, 2.45) is 17.8 Å². The van der Waals surface area contributed by atoms with Gasteiger partial charge in [-0.25, -0.2) is 14.0 Å². The zero-order chi connectivity index (χ0) is 53.8. The fourth-order valence-corrected chi connectivity index (χ4v) is 8.06. The lowest BCUT2D eigenvalue weighted by molar-refractivity contribution is -0.154. The molecule has 0 radical (unpaired) electrons. The summed E-state index contributed by atoms with van der Waals surface area (Å²) in [5.41, 5.74) is 1.27. The minimum absolute atomic E-state index is 0.00838. The predicted octanol–water partition coefficient (Wildman–Crippen LogP) is 13.8. The monoisotopic (exact) mass is 1140 g/mol. The second-order valence-corrected chi connectivity index (χ2v) is 17.4. The lowest BCUT2D eigenvalue weighted by Crippen LogP contribution is -2.17. The first-order valence-corrected chi connectivity index (χ1v) is 26.9. The normalized spacial score (nSPS) is 14.9. The third kappa shape index (κ3) is 36.6. The van der Waals surface area contributed by atoms with Crippen molar-refractivity contribution in [3.8, 4) is 0 Å². The van der Waals surface area contributed by atoms with Gasteiger partial charge in [-0.15, -0.1) is 0 Å². The lowest BCUT2D eigenvalue weighted by Gasteiger charge is -2.21. The van der Waals surface area contributed by atoms with E-state index in [1.807, 2.05) is 37.3 Å². The molecule has 1 unspecified atom stereocenters.